The van der Waals surface area contributed by atoms with Gasteiger partial charge in [0.2, 0.25) is 10.0 Å². The van der Waals surface area contributed by atoms with Crippen LogP contribution in [0.1, 0.15) is 18.2 Å². The van der Waals surface area contributed by atoms with Gasteiger partial charge in [-0.1, -0.05) is 29.8 Å². The lowest BCUT2D eigenvalue weighted by Gasteiger charge is -2.15. The van der Waals surface area contributed by atoms with E-state index in [0.717, 1.165) is 16.5 Å². The number of carbonyl (C=O) groups excluding carboxylic acids is 1. The van der Waals surface area contributed by atoms with Crippen LogP contribution in [0.15, 0.2) is 53.4 Å². The topological polar surface area (TPSA) is 94.6 Å². The Morgan fingerprint density at radius 3 is 2.50 bits per heavy atom. The second kappa shape index (κ2) is 8.99. The number of esters is 1. The SMILES string of the molecule is COc1ccc(S(=O)(=O)N[C@@H](C)C(=O)OCc2nc3ccccc3c(C)c2Cl)cc1. The van der Waals surface area contributed by atoms with Gasteiger partial charge in [-0.3, -0.25) is 4.79 Å². The largest absolute Gasteiger partial charge is 0.497 e. The molecule has 158 valence electrons. The lowest BCUT2D eigenvalue weighted by Crippen LogP contribution is -2.39. The monoisotopic (exact) mass is 448 g/mol. The number of sulfonamides is 1. The van der Waals surface area contributed by atoms with Crippen LogP contribution in [0, 0.1) is 6.92 Å². The van der Waals surface area contributed by atoms with Gasteiger partial charge >= 0.3 is 5.97 Å². The number of para-hydroxylation sites is 1. The molecule has 1 N–H and O–H groups in total. The molecule has 0 saturated carbocycles. The Bertz CT molecular complexity index is 1180. The maximum absolute atomic E-state index is 12.5. The fourth-order valence-corrected chi connectivity index (χ4v) is 4.27. The molecule has 0 aliphatic carbocycles. The number of benzene rings is 2. The van der Waals surface area contributed by atoms with Gasteiger partial charge in [-0.25, -0.2) is 13.4 Å². The van der Waals surface area contributed by atoms with Gasteiger partial charge < -0.3 is 9.47 Å². The highest BCUT2D eigenvalue weighted by Gasteiger charge is 2.24. The maximum atomic E-state index is 12.5. The average Bonchev–Trinajstić information content (AvgIpc) is 2.74. The summed E-state index contributed by atoms with van der Waals surface area (Å²) >= 11 is 6.37. The molecule has 0 amide bonds. The first-order chi connectivity index (χ1) is 14.2. The lowest BCUT2D eigenvalue weighted by atomic mass is 10.1. The Kier molecular flexibility index (Phi) is 6.60. The Morgan fingerprint density at radius 1 is 1.17 bits per heavy atom. The zero-order valence-corrected chi connectivity index (χ0v) is 18.3. The van der Waals surface area contributed by atoms with E-state index in [4.69, 9.17) is 21.1 Å². The van der Waals surface area contributed by atoms with E-state index in [-0.39, 0.29) is 11.5 Å². The summed E-state index contributed by atoms with van der Waals surface area (Å²) in [4.78, 5) is 16.8. The summed E-state index contributed by atoms with van der Waals surface area (Å²) in [7, 11) is -2.42. The summed E-state index contributed by atoms with van der Waals surface area (Å²) in [5.74, 6) is -0.216. The van der Waals surface area contributed by atoms with E-state index in [0.29, 0.717) is 16.5 Å². The molecule has 2 aromatic carbocycles. The van der Waals surface area contributed by atoms with Crippen molar-refractivity contribution in [1.29, 1.82) is 0 Å². The summed E-state index contributed by atoms with van der Waals surface area (Å²) in [6, 6.07) is 12.2. The molecular weight excluding hydrogens is 428 g/mol. The second-order valence-electron chi connectivity index (χ2n) is 6.64. The number of aromatic nitrogens is 1. The first-order valence-electron chi connectivity index (χ1n) is 9.09. The summed E-state index contributed by atoms with van der Waals surface area (Å²) in [5.41, 5.74) is 1.98. The summed E-state index contributed by atoms with van der Waals surface area (Å²) in [6.07, 6.45) is 0. The average molecular weight is 449 g/mol. The van der Waals surface area contributed by atoms with Crippen LogP contribution in [0.4, 0.5) is 0 Å². The third kappa shape index (κ3) is 4.72. The lowest BCUT2D eigenvalue weighted by molar-refractivity contribution is -0.146. The van der Waals surface area contributed by atoms with Crippen molar-refractivity contribution in [3.63, 3.8) is 0 Å². The van der Waals surface area contributed by atoms with Crippen molar-refractivity contribution in [3.05, 3.63) is 64.8 Å². The molecule has 1 aromatic heterocycles. The number of fused-ring (bicyclic) bond motifs is 1. The normalized spacial score (nSPS) is 12.5. The Balaban J connectivity index is 1.68. The number of hydrogen-bond acceptors (Lipinski definition) is 6. The van der Waals surface area contributed by atoms with Crippen molar-refractivity contribution < 1.29 is 22.7 Å². The van der Waals surface area contributed by atoms with Crippen LogP contribution in [0.5, 0.6) is 5.75 Å². The fourth-order valence-electron chi connectivity index (χ4n) is 2.88. The number of pyridine rings is 1. The minimum absolute atomic E-state index is 0.0119. The van der Waals surface area contributed by atoms with Crippen molar-refractivity contribution >= 4 is 38.5 Å². The van der Waals surface area contributed by atoms with Gasteiger partial charge in [0.1, 0.15) is 18.4 Å². The highest BCUT2D eigenvalue weighted by Crippen LogP contribution is 2.27. The molecule has 7 nitrogen and oxygen atoms in total. The molecule has 0 fully saturated rings. The first kappa shape index (κ1) is 22.0. The Hall–Kier alpha value is -2.68. The van der Waals surface area contributed by atoms with Crippen LogP contribution in [-0.2, 0) is 26.2 Å². The molecule has 0 bridgehead atoms. The highest BCUT2D eigenvalue weighted by atomic mass is 35.5. The molecule has 0 spiro atoms. The number of ether oxygens (including phenoxy) is 2. The van der Waals surface area contributed by atoms with Crippen LogP contribution in [0.25, 0.3) is 10.9 Å². The number of carbonyl (C=O) groups is 1. The van der Waals surface area contributed by atoms with Gasteiger partial charge in [-0.2, -0.15) is 4.72 Å². The minimum Gasteiger partial charge on any atom is -0.497 e. The number of methoxy groups -OCH3 is 1. The summed E-state index contributed by atoms with van der Waals surface area (Å²) < 4.78 is 37.5. The Morgan fingerprint density at radius 2 is 1.83 bits per heavy atom. The number of halogens is 1. The third-order valence-electron chi connectivity index (χ3n) is 4.55. The van der Waals surface area contributed by atoms with Crippen LogP contribution in [0.2, 0.25) is 5.02 Å². The van der Waals surface area contributed by atoms with Crippen molar-refractivity contribution in [2.45, 2.75) is 31.4 Å². The van der Waals surface area contributed by atoms with Crippen molar-refractivity contribution in [3.8, 4) is 5.75 Å². The van der Waals surface area contributed by atoms with Gasteiger partial charge in [-0.15, -0.1) is 0 Å². The predicted molar refractivity (Wildman–Crippen MR) is 114 cm³/mol. The van der Waals surface area contributed by atoms with Crippen LogP contribution >= 0.6 is 11.6 Å². The molecule has 0 aliphatic rings. The van der Waals surface area contributed by atoms with E-state index in [1.165, 1.54) is 38.3 Å². The molecule has 9 heteroatoms. The number of nitrogens with one attached hydrogen (secondary N) is 1. The van der Waals surface area contributed by atoms with E-state index >= 15 is 0 Å². The van der Waals surface area contributed by atoms with Crippen LogP contribution in [-0.4, -0.2) is 32.5 Å². The van der Waals surface area contributed by atoms with Crippen molar-refractivity contribution in [2.75, 3.05) is 7.11 Å². The first-order valence-corrected chi connectivity index (χ1v) is 11.0. The van der Waals surface area contributed by atoms with Gasteiger partial charge in [-0.05, 0) is 49.7 Å². The van der Waals surface area contributed by atoms with Crippen LogP contribution < -0.4 is 9.46 Å². The van der Waals surface area contributed by atoms with Gasteiger partial charge in [0, 0.05) is 5.39 Å². The van der Waals surface area contributed by atoms with Gasteiger partial charge in [0.25, 0.3) is 0 Å². The molecule has 1 atom stereocenters. The second-order valence-corrected chi connectivity index (χ2v) is 8.73. The smallest absolute Gasteiger partial charge is 0.324 e. The van der Waals surface area contributed by atoms with Crippen LogP contribution in [0.3, 0.4) is 0 Å². The molecular formula is C21H21ClN2O5S. The quantitative estimate of drug-likeness (QED) is 0.555. The molecule has 0 unspecified atom stereocenters. The van der Waals surface area contributed by atoms with Crippen molar-refractivity contribution in [1.82, 2.24) is 9.71 Å². The molecule has 30 heavy (non-hydrogen) atoms. The van der Waals surface area contributed by atoms with Gasteiger partial charge in [0.05, 0.1) is 28.2 Å². The molecule has 0 radical (unpaired) electrons. The number of aryl methyl sites for hydroxylation is 1. The molecule has 1 heterocycles. The van der Waals surface area contributed by atoms with Gasteiger partial charge in [0.15, 0.2) is 0 Å². The van der Waals surface area contributed by atoms with E-state index in [1.807, 2.05) is 31.2 Å². The standard InChI is InChI=1S/C21H21ClN2O5S/c1-13-17-6-4-5-7-18(17)23-19(20(13)22)12-29-21(25)14(2)24-30(26,27)16-10-8-15(28-3)9-11-16/h4-11,14,24H,12H2,1-3H3/t14-/m0/s1. The fraction of sp³-hybridized carbons (Fsp3) is 0.238. The predicted octanol–water partition coefficient (Wildman–Crippen LogP) is 3.62. The summed E-state index contributed by atoms with van der Waals surface area (Å²) in [5, 5.41) is 1.33. The molecule has 0 aliphatic heterocycles. The highest BCUT2D eigenvalue weighted by molar-refractivity contribution is 7.89. The molecule has 3 aromatic rings. The zero-order valence-electron chi connectivity index (χ0n) is 16.7. The number of nitrogens with zero attached hydrogens (tertiary/aromatic N) is 1. The molecule has 3 rings (SSSR count). The van der Waals surface area contributed by atoms with E-state index in [9.17, 15) is 13.2 Å². The molecule has 0 saturated heterocycles. The van der Waals surface area contributed by atoms with E-state index in [1.54, 1.807) is 0 Å². The Labute approximate surface area is 180 Å². The zero-order chi connectivity index (χ0) is 21.9. The third-order valence-corrected chi connectivity index (χ3v) is 6.61. The van der Waals surface area contributed by atoms with E-state index in [2.05, 4.69) is 9.71 Å². The number of rotatable bonds is 7. The van der Waals surface area contributed by atoms with E-state index < -0.39 is 22.0 Å². The summed E-state index contributed by atoms with van der Waals surface area (Å²) in [6.45, 7) is 3.10. The van der Waals surface area contributed by atoms with Crippen molar-refractivity contribution in [2.24, 2.45) is 0 Å². The maximum Gasteiger partial charge on any atom is 0.324 e. The number of hydrogen-bond donors (Lipinski definition) is 1. The minimum atomic E-state index is -3.90.